The topological polar surface area (TPSA) is 115 Å². The maximum absolute atomic E-state index is 12.2. The molecule has 0 aromatic heterocycles. The zero-order valence-electron chi connectivity index (χ0n) is 12.3. The molecule has 0 saturated carbocycles. The van der Waals surface area contributed by atoms with Gasteiger partial charge >= 0.3 is 0 Å². The predicted molar refractivity (Wildman–Crippen MR) is 83.3 cm³/mol. The van der Waals surface area contributed by atoms with Crippen LogP contribution >= 0.6 is 12.4 Å². The van der Waals surface area contributed by atoms with Gasteiger partial charge in [-0.25, -0.2) is 13.1 Å². The van der Waals surface area contributed by atoms with Gasteiger partial charge in [-0.2, -0.15) is 0 Å². The van der Waals surface area contributed by atoms with Crippen LogP contribution in [0.4, 0.5) is 5.69 Å². The van der Waals surface area contributed by atoms with E-state index in [0.717, 1.165) is 6.07 Å². The van der Waals surface area contributed by atoms with Gasteiger partial charge in [0.1, 0.15) is 0 Å². The second kappa shape index (κ2) is 6.69. The molecule has 0 aliphatic rings. The Labute approximate surface area is 130 Å². The van der Waals surface area contributed by atoms with Gasteiger partial charge in [0, 0.05) is 24.2 Å². The number of hydrogen-bond donors (Lipinski definition) is 2. The summed E-state index contributed by atoms with van der Waals surface area (Å²) in [5, 5.41) is 10.8. The van der Waals surface area contributed by atoms with E-state index in [1.807, 2.05) is 0 Å². The number of nitro benzene ring substituents is 1. The molecule has 0 fully saturated rings. The monoisotopic (exact) mass is 337 g/mol. The SMILES string of the molecule is Cc1cc([N+](=O)[O-])cc(S(=O)(=O)NCC(C)(C)N)c1C.Cl. The number of aryl methyl sites for hydroxylation is 1. The summed E-state index contributed by atoms with van der Waals surface area (Å²) in [6.07, 6.45) is 0. The molecule has 0 radical (unpaired) electrons. The van der Waals surface area contributed by atoms with Crippen molar-refractivity contribution in [1.82, 2.24) is 4.72 Å². The van der Waals surface area contributed by atoms with Crippen LogP contribution in [0.1, 0.15) is 25.0 Å². The smallest absolute Gasteiger partial charge is 0.271 e. The number of nitrogens with one attached hydrogen (secondary N) is 1. The van der Waals surface area contributed by atoms with Gasteiger partial charge in [0.15, 0.2) is 0 Å². The first-order valence-corrected chi connectivity index (χ1v) is 7.46. The first-order valence-electron chi connectivity index (χ1n) is 5.98. The predicted octanol–water partition coefficient (Wildman–Crippen LogP) is 1.65. The van der Waals surface area contributed by atoms with Crippen LogP contribution in [-0.2, 0) is 10.0 Å². The Hall–Kier alpha value is -1.22. The van der Waals surface area contributed by atoms with Crippen LogP contribution in [-0.4, -0.2) is 25.4 Å². The third-order valence-electron chi connectivity index (χ3n) is 2.82. The van der Waals surface area contributed by atoms with Gasteiger partial charge in [0.25, 0.3) is 5.69 Å². The Bertz CT molecular complexity index is 639. The summed E-state index contributed by atoms with van der Waals surface area (Å²) >= 11 is 0. The molecular formula is C12H20ClN3O4S. The standard InChI is InChI=1S/C12H19N3O4S.ClH/c1-8-5-10(15(16)17)6-11(9(8)2)20(18,19)14-7-12(3,4)13;/h5-6,14H,7,13H2,1-4H3;1H. The largest absolute Gasteiger partial charge is 0.324 e. The molecule has 0 atom stereocenters. The Kier molecular flexibility index (Phi) is 6.31. The van der Waals surface area contributed by atoms with Crippen LogP contribution in [0.3, 0.4) is 0 Å². The zero-order chi connectivity index (χ0) is 15.7. The molecule has 9 heteroatoms. The fourth-order valence-corrected chi connectivity index (χ4v) is 3.11. The van der Waals surface area contributed by atoms with E-state index in [4.69, 9.17) is 5.73 Å². The van der Waals surface area contributed by atoms with Crippen molar-refractivity contribution in [1.29, 1.82) is 0 Å². The molecule has 21 heavy (non-hydrogen) atoms. The van der Waals surface area contributed by atoms with Crippen molar-refractivity contribution < 1.29 is 13.3 Å². The van der Waals surface area contributed by atoms with Gasteiger partial charge < -0.3 is 5.73 Å². The minimum Gasteiger partial charge on any atom is -0.324 e. The summed E-state index contributed by atoms with van der Waals surface area (Å²) in [6.45, 7) is 6.65. The van der Waals surface area contributed by atoms with E-state index in [9.17, 15) is 18.5 Å². The molecule has 120 valence electrons. The van der Waals surface area contributed by atoms with Crippen molar-refractivity contribution in [3.05, 3.63) is 33.4 Å². The van der Waals surface area contributed by atoms with E-state index in [-0.39, 0.29) is 29.5 Å². The maximum Gasteiger partial charge on any atom is 0.271 e. The lowest BCUT2D eigenvalue weighted by molar-refractivity contribution is -0.385. The Morgan fingerprint density at radius 2 is 1.86 bits per heavy atom. The quantitative estimate of drug-likeness (QED) is 0.626. The lowest BCUT2D eigenvalue weighted by Gasteiger charge is -2.19. The summed E-state index contributed by atoms with van der Waals surface area (Å²) in [4.78, 5) is 10.1. The normalized spacial score (nSPS) is 11.9. The maximum atomic E-state index is 12.2. The number of rotatable bonds is 5. The third-order valence-corrected chi connectivity index (χ3v) is 4.35. The fraction of sp³-hybridized carbons (Fsp3) is 0.500. The number of halogens is 1. The van der Waals surface area contributed by atoms with Crippen LogP contribution in [0.5, 0.6) is 0 Å². The van der Waals surface area contributed by atoms with Crippen molar-refractivity contribution in [2.75, 3.05) is 6.54 Å². The summed E-state index contributed by atoms with van der Waals surface area (Å²) in [5.74, 6) is 0. The van der Waals surface area contributed by atoms with Crippen LogP contribution in [0.2, 0.25) is 0 Å². The Morgan fingerprint density at radius 3 is 2.29 bits per heavy atom. The number of sulfonamides is 1. The molecule has 7 nitrogen and oxygen atoms in total. The van der Waals surface area contributed by atoms with E-state index in [1.54, 1.807) is 27.7 Å². The number of hydrogen-bond acceptors (Lipinski definition) is 5. The fourth-order valence-electron chi connectivity index (χ4n) is 1.55. The molecule has 0 amide bonds. The van der Waals surface area contributed by atoms with Crippen LogP contribution in [0, 0.1) is 24.0 Å². The van der Waals surface area contributed by atoms with Crippen LogP contribution in [0.15, 0.2) is 17.0 Å². The third kappa shape index (κ3) is 5.24. The van der Waals surface area contributed by atoms with E-state index in [0.29, 0.717) is 11.1 Å². The van der Waals surface area contributed by atoms with E-state index in [2.05, 4.69) is 4.72 Å². The molecule has 0 unspecified atom stereocenters. The summed E-state index contributed by atoms with van der Waals surface area (Å²) < 4.78 is 26.8. The number of benzene rings is 1. The highest BCUT2D eigenvalue weighted by Crippen LogP contribution is 2.25. The molecule has 1 rings (SSSR count). The van der Waals surface area contributed by atoms with Gasteiger partial charge in [-0.1, -0.05) is 0 Å². The number of nitrogens with two attached hydrogens (primary N) is 1. The highest BCUT2D eigenvalue weighted by molar-refractivity contribution is 7.89. The van der Waals surface area contributed by atoms with Gasteiger partial charge in [0.2, 0.25) is 10.0 Å². The molecule has 0 aliphatic carbocycles. The molecule has 1 aromatic rings. The van der Waals surface area contributed by atoms with Crippen LogP contribution in [0.25, 0.3) is 0 Å². The van der Waals surface area contributed by atoms with Gasteiger partial charge in [-0.15, -0.1) is 12.4 Å². The van der Waals surface area contributed by atoms with Gasteiger partial charge in [-0.3, -0.25) is 10.1 Å². The number of nitro groups is 1. The highest BCUT2D eigenvalue weighted by Gasteiger charge is 2.24. The lowest BCUT2D eigenvalue weighted by Crippen LogP contribution is -2.45. The van der Waals surface area contributed by atoms with Crippen molar-refractivity contribution in [3.8, 4) is 0 Å². The molecule has 0 heterocycles. The lowest BCUT2D eigenvalue weighted by atomic mass is 10.1. The second-order valence-electron chi connectivity index (χ2n) is 5.46. The first-order chi connectivity index (χ1) is 8.94. The van der Waals surface area contributed by atoms with Gasteiger partial charge in [-0.05, 0) is 38.8 Å². The average Bonchev–Trinajstić information content (AvgIpc) is 2.28. The summed E-state index contributed by atoms with van der Waals surface area (Å²) in [6, 6.07) is 2.41. The molecule has 0 spiro atoms. The molecule has 1 aromatic carbocycles. The Balaban J connectivity index is 0.00000400. The summed E-state index contributed by atoms with van der Waals surface area (Å²) in [7, 11) is -3.84. The van der Waals surface area contributed by atoms with Crippen molar-refractivity contribution in [3.63, 3.8) is 0 Å². The van der Waals surface area contributed by atoms with Crippen molar-refractivity contribution in [2.24, 2.45) is 5.73 Å². The summed E-state index contributed by atoms with van der Waals surface area (Å²) in [5.41, 5.74) is 5.80. The van der Waals surface area contributed by atoms with Crippen molar-refractivity contribution >= 4 is 28.1 Å². The van der Waals surface area contributed by atoms with E-state index in [1.165, 1.54) is 6.07 Å². The highest BCUT2D eigenvalue weighted by atomic mass is 35.5. The van der Waals surface area contributed by atoms with Crippen LogP contribution < -0.4 is 10.5 Å². The second-order valence-corrected chi connectivity index (χ2v) is 7.19. The molecule has 0 bridgehead atoms. The number of non-ortho nitro benzene ring substituents is 1. The van der Waals surface area contributed by atoms with Gasteiger partial charge in [0.05, 0.1) is 9.82 Å². The average molecular weight is 338 g/mol. The number of nitrogens with zero attached hydrogens (tertiary/aromatic N) is 1. The molecule has 3 N–H and O–H groups in total. The minimum atomic E-state index is -3.84. The zero-order valence-corrected chi connectivity index (χ0v) is 14.0. The first kappa shape index (κ1) is 19.8. The molecular weight excluding hydrogens is 318 g/mol. The molecule has 0 aliphatic heterocycles. The van der Waals surface area contributed by atoms with E-state index < -0.39 is 20.5 Å². The van der Waals surface area contributed by atoms with Crippen molar-refractivity contribution in [2.45, 2.75) is 38.1 Å². The Morgan fingerprint density at radius 1 is 1.33 bits per heavy atom. The van der Waals surface area contributed by atoms with E-state index >= 15 is 0 Å². The molecule has 0 saturated heterocycles. The minimum absolute atomic E-state index is 0.